The molecule has 13 heteroatoms. The fraction of sp³-hybridized carbons (Fsp3) is 0.200. The van der Waals surface area contributed by atoms with Gasteiger partial charge in [-0.25, -0.2) is 9.59 Å². The van der Waals surface area contributed by atoms with Crippen molar-refractivity contribution >= 4 is 29.2 Å². The molecular weight excluding hydrogens is 512 g/mol. The summed E-state index contributed by atoms with van der Waals surface area (Å²) in [5.41, 5.74) is 7.03. The van der Waals surface area contributed by atoms with Crippen molar-refractivity contribution < 1.29 is 24.1 Å². The molecule has 1 atom stereocenters. The lowest BCUT2D eigenvalue weighted by atomic mass is 10.0. The van der Waals surface area contributed by atoms with E-state index < -0.39 is 17.7 Å². The first-order valence-electron chi connectivity index (χ1n) is 11.3. The largest absolute Gasteiger partial charge is 0.493 e. The highest BCUT2D eigenvalue weighted by Crippen LogP contribution is 2.38. The zero-order valence-corrected chi connectivity index (χ0v) is 21.4. The van der Waals surface area contributed by atoms with E-state index in [4.69, 9.17) is 19.6 Å². The highest BCUT2D eigenvalue weighted by atomic mass is 32.1. The average Bonchev–Trinajstić information content (AvgIpc) is 3.59. The van der Waals surface area contributed by atoms with Gasteiger partial charge in [-0.2, -0.15) is 4.68 Å². The fourth-order valence-corrected chi connectivity index (χ4v) is 4.65. The smallest absolute Gasteiger partial charge is 0.348 e. The summed E-state index contributed by atoms with van der Waals surface area (Å²) in [4.78, 5) is 27.3. The average molecular weight is 539 g/mol. The van der Waals surface area contributed by atoms with Crippen molar-refractivity contribution in [3.05, 3.63) is 85.7 Å². The summed E-state index contributed by atoms with van der Waals surface area (Å²) in [6, 6.07) is 11.7. The number of ether oxygens (including phenoxy) is 3. The van der Waals surface area contributed by atoms with Crippen LogP contribution >= 0.6 is 11.3 Å². The monoisotopic (exact) mass is 538 g/mol. The standard InChI is InChI=1S/C24H21N5O6S.CH5N/c1-33-18-9-14(8-15-11-34-12-35-20(15)18)19(26-16-4-2-13(10-25)3-5-16)22-27-24(32)29(28-22)17-6-7-36-21(17)23(30)31;1-2/h2-10,19,25-26H,11-12H2,1H3,(H,30,31)(H,27,28,32);2H2,1H3. The number of hydrogen-bond donors (Lipinski definition) is 5. The molecule has 0 saturated carbocycles. The molecule has 0 radical (unpaired) electrons. The van der Waals surface area contributed by atoms with Gasteiger partial charge in [-0.05, 0) is 53.9 Å². The molecule has 2 aromatic heterocycles. The van der Waals surface area contributed by atoms with E-state index in [0.29, 0.717) is 29.4 Å². The Bertz CT molecular complexity index is 1480. The van der Waals surface area contributed by atoms with Gasteiger partial charge in [-0.15, -0.1) is 16.4 Å². The van der Waals surface area contributed by atoms with E-state index in [2.05, 4.69) is 21.1 Å². The Kier molecular flexibility index (Phi) is 8.21. The van der Waals surface area contributed by atoms with Crippen LogP contribution in [0.1, 0.15) is 38.2 Å². The number of methoxy groups -OCH3 is 1. The van der Waals surface area contributed by atoms with Crippen molar-refractivity contribution in [2.45, 2.75) is 12.6 Å². The van der Waals surface area contributed by atoms with Gasteiger partial charge in [0.15, 0.2) is 24.1 Å². The van der Waals surface area contributed by atoms with Gasteiger partial charge in [0.1, 0.15) is 10.9 Å². The molecule has 6 N–H and O–H groups in total. The Morgan fingerprint density at radius 2 is 2.08 bits per heavy atom. The van der Waals surface area contributed by atoms with Crippen molar-refractivity contribution in [3.8, 4) is 17.2 Å². The summed E-state index contributed by atoms with van der Waals surface area (Å²) in [7, 11) is 3.04. The number of rotatable bonds is 8. The molecule has 4 aromatic rings. The number of carboxylic acid groups (broad SMARTS) is 1. The van der Waals surface area contributed by atoms with Crippen molar-refractivity contribution in [2.24, 2.45) is 5.73 Å². The number of nitrogens with two attached hydrogens (primary N) is 1. The van der Waals surface area contributed by atoms with Crippen LogP contribution in [0, 0.1) is 5.41 Å². The molecule has 0 aliphatic carbocycles. The minimum absolute atomic E-state index is 0.00615. The number of aromatic carboxylic acids is 1. The second-order valence-electron chi connectivity index (χ2n) is 7.83. The molecule has 5 rings (SSSR count). The molecule has 12 nitrogen and oxygen atoms in total. The van der Waals surface area contributed by atoms with Gasteiger partial charge in [0.2, 0.25) is 0 Å². The summed E-state index contributed by atoms with van der Waals surface area (Å²) in [6.07, 6.45) is 1.25. The molecule has 0 fully saturated rings. The Morgan fingerprint density at radius 1 is 1.32 bits per heavy atom. The second-order valence-corrected chi connectivity index (χ2v) is 8.75. The number of aromatic amines is 1. The van der Waals surface area contributed by atoms with Crippen molar-refractivity contribution in [1.82, 2.24) is 14.8 Å². The molecular formula is C25H26N6O6S. The molecule has 2 aromatic carbocycles. The number of fused-ring (bicyclic) bond motifs is 1. The molecule has 0 spiro atoms. The summed E-state index contributed by atoms with van der Waals surface area (Å²) in [5.74, 6) is 0.213. The van der Waals surface area contributed by atoms with Crippen molar-refractivity contribution in [2.75, 3.05) is 26.3 Å². The van der Waals surface area contributed by atoms with Gasteiger partial charge >= 0.3 is 11.7 Å². The van der Waals surface area contributed by atoms with E-state index in [1.165, 1.54) is 26.4 Å². The van der Waals surface area contributed by atoms with E-state index in [9.17, 15) is 14.7 Å². The summed E-state index contributed by atoms with van der Waals surface area (Å²) in [5, 5.41) is 26.3. The number of anilines is 1. The van der Waals surface area contributed by atoms with E-state index >= 15 is 0 Å². The number of thiophene rings is 1. The first-order chi connectivity index (χ1) is 18.5. The van der Waals surface area contributed by atoms with Crippen molar-refractivity contribution in [1.29, 1.82) is 5.41 Å². The second kappa shape index (κ2) is 11.7. The molecule has 0 amide bonds. The van der Waals surface area contributed by atoms with Gasteiger partial charge in [-0.1, -0.05) is 12.1 Å². The molecule has 1 unspecified atom stereocenters. The van der Waals surface area contributed by atoms with Crippen LogP contribution in [0.25, 0.3) is 5.69 Å². The van der Waals surface area contributed by atoms with Gasteiger partial charge < -0.3 is 35.8 Å². The topological polar surface area (TPSA) is 178 Å². The summed E-state index contributed by atoms with van der Waals surface area (Å²) >= 11 is 1.01. The molecule has 1 aliphatic heterocycles. The minimum atomic E-state index is -1.14. The van der Waals surface area contributed by atoms with Crippen LogP contribution in [-0.2, 0) is 11.3 Å². The fourth-order valence-electron chi connectivity index (χ4n) is 3.94. The predicted molar refractivity (Wildman–Crippen MR) is 142 cm³/mol. The number of aromatic nitrogens is 3. The van der Waals surface area contributed by atoms with Gasteiger partial charge in [0, 0.05) is 17.5 Å². The third-order valence-corrected chi connectivity index (χ3v) is 6.51. The number of carbonyl (C=O) groups is 1. The van der Waals surface area contributed by atoms with Crippen LogP contribution in [0.5, 0.6) is 11.5 Å². The first-order valence-corrected chi connectivity index (χ1v) is 12.2. The SMILES string of the molecule is CN.COc1cc(C(Nc2ccc(C=N)cc2)c2nn(-c3ccsc3C(=O)O)c(=O)[nH]2)cc2c1OCOC2. The summed E-state index contributed by atoms with van der Waals surface area (Å²) < 4.78 is 17.7. The lowest BCUT2D eigenvalue weighted by molar-refractivity contribution is -0.0180. The minimum Gasteiger partial charge on any atom is -0.493 e. The third kappa shape index (κ3) is 5.29. The Morgan fingerprint density at radius 3 is 2.76 bits per heavy atom. The molecule has 198 valence electrons. The van der Waals surface area contributed by atoms with Gasteiger partial charge in [0.25, 0.3) is 0 Å². The van der Waals surface area contributed by atoms with Crippen LogP contribution < -0.4 is 26.2 Å². The van der Waals surface area contributed by atoms with E-state index in [1.807, 2.05) is 18.2 Å². The predicted octanol–water partition coefficient (Wildman–Crippen LogP) is 2.97. The Labute approximate surface area is 221 Å². The van der Waals surface area contributed by atoms with Crippen molar-refractivity contribution in [3.63, 3.8) is 0 Å². The van der Waals surface area contributed by atoms with Gasteiger partial charge in [-0.3, -0.25) is 4.98 Å². The number of H-pyrrole nitrogens is 1. The number of carboxylic acids is 1. The first kappa shape index (κ1) is 26.6. The Hall–Kier alpha value is -4.46. The summed E-state index contributed by atoms with van der Waals surface area (Å²) in [6.45, 7) is 0.441. The Balaban J connectivity index is 0.00000164. The highest BCUT2D eigenvalue weighted by molar-refractivity contribution is 7.12. The van der Waals surface area contributed by atoms with Crippen LogP contribution in [0.3, 0.4) is 0 Å². The van der Waals surface area contributed by atoms with Crippen LogP contribution in [0.4, 0.5) is 5.69 Å². The number of nitrogens with zero attached hydrogens (tertiary/aromatic N) is 2. The lowest BCUT2D eigenvalue weighted by Gasteiger charge is -2.24. The molecule has 3 heterocycles. The number of hydrogen-bond acceptors (Lipinski definition) is 10. The maximum Gasteiger partial charge on any atom is 0.348 e. The maximum atomic E-state index is 12.9. The van der Waals surface area contributed by atoms with Crippen LogP contribution in [-0.4, -0.2) is 53.0 Å². The molecule has 0 saturated heterocycles. The normalized spacial score (nSPS) is 12.8. The number of nitrogens with one attached hydrogen (secondary N) is 3. The third-order valence-electron chi connectivity index (χ3n) is 5.62. The van der Waals surface area contributed by atoms with Gasteiger partial charge in [0.05, 0.1) is 19.4 Å². The highest BCUT2D eigenvalue weighted by Gasteiger charge is 2.26. The van der Waals surface area contributed by atoms with E-state index in [1.54, 1.807) is 23.6 Å². The zero-order valence-electron chi connectivity index (χ0n) is 20.6. The molecule has 38 heavy (non-hydrogen) atoms. The van der Waals surface area contributed by atoms with Crippen LogP contribution in [0.15, 0.2) is 52.6 Å². The molecule has 0 bridgehead atoms. The van der Waals surface area contributed by atoms with E-state index in [0.717, 1.165) is 27.1 Å². The quantitative estimate of drug-likeness (QED) is 0.211. The van der Waals surface area contributed by atoms with Crippen LogP contribution in [0.2, 0.25) is 0 Å². The molecule has 1 aliphatic rings. The number of benzene rings is 2. The maximum absolute atomic E-state index is 12.9. The lowest BCUT2D eigenvalue weighted by Crippen LogP contribution is -2.18. The van der Waals surface area contributed by atoms with E-state index in [-0.39, 0.29) is 23.2 Å². The zero-order chi connectivity index (χ0) is 27.2.